The number of carboxylic acids is 1. The Balaban J connectivity index is 1.93. The number of hydrogen-bond acceptors (Lipinski definition) is 6. The van der Waals surface area contributed by atoms with E-state index in [1.165, 1.54) is 0 Å². The van der Waals surface area contributed by atoms with Gasteiger partial charge in [-0.15, -0.1) is 0 Å². The van der Waals surface area contributed by atoms with Crippen LogP contribution in [-0.2, 0) is 16.0 Å². The molecule has 2 atom stereocenters. The molecule has 1 aliphatic rings. The first-order chi connectivity index (χ1) is 9.58. The summed E-state index contributed by atoms with van der Waals surface area (Å²) in [5.41, 5.74) is 0. The van der Waals surface area contributed by atoms with Crippen molar-refractivity contribution >= 4 is 5.97 Å². The lowest BCUT2D eigenvalue weighted by molar-refractivity contribution is -0.137. The van der Waals surface area contributed by atoms with Crippen LogP contribution in [0.3, 0.4) is 0 Å². The molecular weight excluding hydrogens is 262 g/mol. The van der Waals surface area contributed by atoms with Crippen molar-refractivity contribution in [1.29, 1.82) is 0 Å². The molecule has 0 aliphatic carbocycles. The van der Waals surface area contributed by atoms with Gasteiger partial charge in [0.1, 0.15) is 6.10 Å². The Bertz CT molecular complexity index is 449. The smallest absolute Gasteiger partial charge is 0.303 e. The molecule has 0 bridgehead atoms. The van der Waals surface area contributed by atoms with Gasteiger partial charge in [0.15, 0.2) is 0 Å². The second-order valence-corrected chi connectivity index (χ2v) is 5.21. The molecule has 1 aromatic heterocycles. The third kappa shape index (κ3) is 4.01. The Labute approximate surface area is 117 Å². The highest BCUT2D eigenvalue weighted by Crippen LogP contribution is 2.20. The van der Waals surface area contributed by atoms with E-state index in [1.807, 2.05) is 6.92 Å². The second kappa shape index (κ2) is 6.81. The van der Waals surface area contributed by atoms with Gasteiger partial charge in [0, 0.05) is 25.9 Å². The Hall–Kier alpha value is -1.47. The fraction of sp³-hybridized carbons (Fsp3) is 0.769. The van der Waals surface area contributed by atoms with Crippen LogP contribution >= 0.6 is 0 Å². The minimum Gasteiger partial charge on any atom is -0.481 e. The molecule has 0 spiro atoms. The Morgan fingerprint density at radius 1 is 1.60 bits per heavy atom. The minimum absolute atomic E-state index is 0.0276. The van der Waals surface area contributed by atoms with Crippen LogP contribution in [0.4, 0.5) is 0 Å². The fourth-order valence-corrected chi connectivity index (χ4v) is 2.30. The van der Waals surface area contributed by atoms with Gasteiger partial charge in [0.2, 0.25) is 11.7 Å². The van der Waals surface area contributed by atoms with Crippen LogP contribution in [-0.4, -0.2) is 52.4 Å². The fourth-order valence-electron chi connectivity index (χ4n) is 2.30. The van der Waals surface area contributed by atoms with Crippen molar-refractivity contribution in [2.45, 2.75) is 32.8 Å². The van der Waals surface area contributed by atoms with Crippen LogP contribution in [0.15, 0.2) is 4.52 Å². The van der Waals surface area contributed by atoms with Gasteiger partial charge in [-0.25, -0.2) is 0 Å². The van der Waals surface area contributed by atoms with Gasteiger partial charge in [0.05, 0.1) is 6.61 Å². The van der Waals surface area contributed by atoms with E-state index in [4.69, 9.17) is 14.4 Å². The normalized spacial score (nSPS) is 21.8. The van der Waals surface area contributed by atoms with E-state index >= 15 is 0 Å². The van der Waals surface area contributed by atoms with Crippen LogP contribution in [0.25, 0.3) is 0 Å². The molecule has 7 heteroatoms. The molecule has 0 aromatic carbocycles. The van der Waals surface area contributed by atoms with Crippen LogP contribution in [0.1, 0.15) is 38.1 Å². The third-order valence-electron chi connectivity index (χ3n) is 3.42. The van der Waals surface area contributed by atoms with Crippen molar-refractivity contribution in [2.75, 3.05) is 26.2 Å². The van der Waals surface area contributed by atoms with Crippen LogP contribution < -0.4 is 0 Å². The molecule has 112 valence electrons. The van der Waals surface area contributed by atoms with Gasteiger partial charge in [-0.3, -0.25) is 9.69 Å². The summed E-state index contributed by atoms with van der Waals surface area (Å²) in [5.74, 6) is 0.193. The lowest BCUT2D eigenvalue weighted by Crippen LogP contribution is -2.38. The average molecular weight is 283 g/mol. The Kier molecular flexibility index (Phi) is 5.08. The topological polar surface area (TPSA) is 88.7 Å². The number of likely N-dealkylation sites (N-methyl/N-ethyl adjacent to an activating group) is 1. The highest BCUT2D eigenvalue weighted by atomic mass is 16.5. The van der Waals surface area contributed by atoms with Crippen LogP contribution in [0.5, 0.6) is 0 Å². The SMILES string of the molecule is CCN1CCOC(c2noc(CC(C)CC(=O)O)n2)C1. The molecule has 2 rings (SSSR count). The van der Waals surface area contributed by atoms with Crippen molar-refractivity contribution in [3.05, 3.63) is 11.7 Å². The number of nitrogens with zero attached hydrogens (tertiary/aromatic N) is 3. The molecule has 1 aromatic rings. The van der Waals surface area contributed by atoms with E-state index in [-0.39, 0.29) is 18.4 Å². The molecule has 1 N–H and O–H groups in total. The van der Waals surface area contributed by atoms with Gasteiger partial charge in [-0.2, -0.15) is 4.98 Å². The summed E-state index contributed by atoms with van der Waals surface area (Å²) < 4.78 is 10.8. The first-order valence-electron chi connectivity index (χ1n) is 6.96. The zero-order chi connectivity index (χ0) is 14.5. The predicted molar refractivity (Wildman–Crippen MR) is 70.2 cm³/mol. The van der Waals surface area contributed by atoms with E-state index < -0.39 is 5.97 Å². The predicted octanol–water partition coefficient (Wildman–Crippen LogP) is 1.12. The largest absolute Gasteiger partial charge is 0.481 e. The lowest BCUT2D eigenvalue weighted by Gasteiger charge is -2.30. The number of carboxylic acid groups (broad SMARTS) is 1. The van der Waals surface area contributed by atoms with E-state index in [9.17, 15) is 4.79 Å². The van der Waals surface area contributed by atoms with Gasteiger partial charge in [0.25, 0.3) is 0 Å². The number of hydrogen-bond donors (Lipinski definition) is 1. The maximum absolute atomic E-state index is 10.6. The van der Waals surface area contributed by atoms with Crippen molar-refractivity contribution in [2.24, 2.45) is 5.92 Å². The molecule has 0 amide bonds. The summed E-state index contributed by atoms with van der Waals surface area (Å²) in [4.78, 5) is 17.2. The zero-order valence-electron chi connectivity index (χ0n) is 11.9. The van der Waals surface area contributed by atoms with E-state index in [0.29, 0.717) is 24.7 Å². The Morgan fingerprint density at radius 3 is 3.10 bits per heavy atom. The summed E-state index contributed by atoms with van der Waals surface area (Å²) >= 11 is 0. The third-order valence-corrected chi connectivity index (χ3v) is 3.42. The molecule has 1 fully saturated rings. The molecule has 2 heterocycles. The van der Waals surface area contributed by atoms with Crippen molar-refractivity contribution < 1.29 is 19.2 Å². The van der Waals surface area contributed by atoms with Crippen molar-refractivity contribution in [3.63, 3.8) is 0 Å². The molecule has 20 heavy (non-hydrogen) atoms. The number of morpholine rings is 1. The van der Waals surface area contributed by atoms with Crippen molar-refractivity contribution in [1.82, 2.24) is 15.0 Å². The van der Waals surface area contributed by atoms with Crippen LogP contribution in [0, 0.1) is 5.92 Å². The maximum Gasteiger partial charge on any atom is 0.303 e. The standard InChI is InChI=1S/C13H21N3O4/c1-3-16-4-5-19-10(8-16)13-14-11(20-15-13)6-9(2)7-12(17)18/h9-10H,3-8H2,1-2H3,(H,17,18). The monoisotopic (exact) mass is 283 g/mol. The van der Waals surface area contributed by atoms with Gasteiger partial charge < -0.3 is 14.4 Å². The molecule has 7 nitrogen and oxygen atoms in total. The molecule has 0 saturated carbocycles. The maximum atomic E-state index is 10.6. The second-order valence-electron chi connectivity index (χ2n) is 5.21. The molecule has 0 radical (unpaired) electrons. The number of rotatable bonds is 6. The first kappa shape index (κ1) is 14.9. The summed E-state index contributed by atoms with van der Waals surface area (Å²) in [6.07, 6.45) is 0.418. The highest BCUT2D eigenvalue weighted by molar-refractivity contribution is 5.66. The molecular formula is C13H21N3O4. The zero-order valence-corrected chi connectivity index (χ0v) is 11.9. The van der Waals surface area contributed by atoms with Gasteiger partial charge in [-0.1, -0.05) is 19.0 Å². The summed E-state index contributed by atoms with van der Waals surface area (Å²) in [6, 6.07) is 0. The number of carbonyl (C=O) groups is 1. The van der Waals surface area contributed by atoms with Gasteiger partial charge >= 0.3 is 5.97 Å². The molecule has 1 aliphatic heterocycles. The van der Waals surface area contributed by atoms with Crippen LogP contribution in [0.2, 0.25) is 0 Å². The number of aromatic nitrogens is 2. The van der Waals surface area contributed by atoms with Crippen molar-refractivity contribution in [3.8, 4) is 0 Å². The minimum atomic E-state index is -0.813. The molecule has 2 unspecified atom stereocenters. The first-order valence-corrected chi connectivity index (χ1v) is 6.96. The van der Waals surface area contributed by atoms with E-state index in [0.717, 1.165) is 19.6 Å². The number of aliphatic carboxylic acids is 1. The Morgan fingerprint density at radius 2 is 2.40 bits per heavy atom. The lowest BCUT2D eigenvalue weighted by atomic mass is 10.0. The van der Waals surface area contributed by atoms with E-state index in [1.54, 1.807) is 0 Å². The summed E-state index contributed by atoms with van der Waals surface area (Å²) in [5, 5.41) is 12.7. The van der Waals surface area contributed by atoms with Gasteiger partial charge in [-0.05, 0) is 12.5 Å². The number of ether oxygens (including phenoxy) is 1. The molecule has 1 saturated heterocycles. The highest BCUT2D eigenvalue weighted by Gasteiger charge is 2.25. The summed E-state index contributed by atoms with van der Waals surface area (Å²) in [7, 11) is 0. The average Bonchev–Trinajstić information content (AvgIpc) is 2.86. The quantitative estimate of drug-likeness (QED) is 0.836. The van der Waals surface area contributed by atoms with E-state index in [2.05, 4.69) is 22.0 Å². The summed E-state index contributed by atoms with van der Waals surface area (Å²) in [6.45, 7) is 7.29.